The average Bonchev–Trinajstić information content (AvgIpc) is 2.05. The number of aromatic carboxylic acids is 1. The third-order valence-electron chi connectivity index (χ3n) is 1.06. The molecule has 1 rings (SSSR count). The zero-order chi connectivity index (χ0) is 8.27. The Hall–Kier alpha value is -1.07. The van der Waals surface area contributed by atoms with Crippen LogP contribution in [0.1, 0.15) is 10.5 Å². The van der Waals surface area contributed by atoms with E-state index in [1.54, 1.807) is 0 Å². The second-order valence-electron chi connectivity index (χ2n) is 1.78. The molecular formula is C6H5NO3S. The molecule has 1 aromatic heterocycles. The summed E-state index contributed by atoms with van der Waals surface area (Å²) in [5.74, 6) is -1.07. The van der Waals surface area contributed by atoms with Gasteiger partial charge in [0.2, 0.25) is 0 Å². The summed E-state index contributed by atoms with van der Waals surface area (Å²) in [5.41, 5.74) is -0.0252. The van der Waals surface area contributed by atoms with Crippen molar-refractivity contribution in [3.63, 3.8) is 0 Å². The number of hydrogen-bond donors (Lipinski definition) is 2. The van der Waals surface area contributed by atoms with E-state index in [-0.39, 0.29) is 5.69 Å². The number of carbonyl (C=O) groups is 1. The van der Waals surface area contributed by atoms with Crippen LogP contribution in [0.25, 0.3) is 0 Å². The lowest BCUT2D eigenvalue weighted by molar-refractivity contribution is 0.0690. The van der Waals surface area contributed by atoms with E-state index in [9.17, 15) is 4.79 Å². The molecule has 0 saturated carbocycles. The topological polar surface area (TPSA) is 70.4 Å². The summed E-state index contributed by atoms with van der Waals surface area (Å²) in [6.07, 6.45) is 1.30. The fraction of sp³-hybridized carbons (Fsp3) is 0. The van der Waals surface area contributed by atoms with Gasteiger partial charge < -0.3 is 9.66 Å². The Morgan fingerprint density at radius 2 is 2.27 bits per heavy atom. The predicted octanol–water partition coefficient (Wildman–Crippen LogP) is 1.34. The standard InChI is InChI=1S/C6H5NO3S/c8-6(9)5-2-1-4(11-10)3-7-5/h1-3,10H,(H,8,9). The van der Waals surface area contributed by atoms with Gasteiger partial charge in [-0.15, -0.1) is 0 Å². The monoisotopic (exact) mass is 171 g/mol. The molecule has 1 aromatic rings. The number of rotatable bonds is 2. The van der Waals surface area contributed by atoms with Crippen molar-refractivity contribution in [3.8, 4) is 0 Å². The molecular weight excluding hydrogens is 166 g/mol. The van der Waals surface area contributed by atoms with E-state index in [4.69, 9.17) is 9.66 Å². The normalized spacial score (nSPS) is 9.55. The maximum absolute atomic E-state index is 10.3. The van der Waals surface area contributed by atoms with Gasteiger partial charge in [-0.3, -0.25) is 0 Å². The molecule has 0 aliphatic carbocycles. The summed E-state index contributed by atoms with van der Waals surface area (Å²) in [7, 11) is 0. The lowest BCUT2D eigenvalue weighted by atomic mass is 10.4. The minimum Gasteiger partial charge on any atom is -0.477 e. The molecule has 11 heavy (non-hydrogen) atoms. The Kier molecular flexibility index (Phi) is 2.45. The van der Waals surface area contributed by atoms with Gasteiger partial charge in [0.05, 0.1) is 4.90 Å². The molecule has 58 valence electrons. The fourth-order valence-corrected chi connectivity index (χ4v) is 0.790. The highest BCUT2D eigenvalue weighted by molar-refractivity contribution is 7.93. The van der Waals surface area contributed by atoms with E-state index < -0.39 is 5.97 Å². The van der Waals surface area contributed by atoms with Crippen molar-refractivity contribution in [2.24, 2.45) is 0 Å². The number of hydrogen-bond acceptors (Lipinski definition) is 4. The third-order valence-corrected chi connectivity index (χ3v) is 1.51. The lowest BCUT2D eigenvalue weighted by Crippen LogP contribution is -1.98. The highest BCUT2D eigenvalue weighted by Crippen LogP contribution is 2.11. The molecule has 4 nitrogen and oxygen atoms in total. The number of carboxylic acids is 1. The van der Waals surface area contributed by atoms with E-state index in [0.29, 0.717) is 16.9 Å². The van der Waals surface area contributed by atoms with E-state index in [2.05, 4.69) is 4.98 Å². The first-order valence-corrected chi connectivity index (χ1v) is 3.52. The number of aromatic nitrogens is 1. The highest BCUT2D eigenvalue weighted by atomic mass is 32.2. The first-order valence-electron chi connectivity index (χ1n) is 2.75. The van der Waals surface area contributed by atoms with Gasteiger partial charge in [-0.05, 0) is 12.1 Å². The van der Waals surface area contributed by atoms with Crippen molar-refractivity contribution in [3.05, 3.63) is 24.0 Å². The van der Waals surface area contributed by atoms with Crippen LogP contribution in [0.4, 0.5) is 0 Å². The molecule has 0 atom stereocenters. The first-order chi connectivity index (χ1) is 5.24. The van der Waals surface area contributed by atoms with Gasteiger partial charge >= 0.3 is 5.97 Å². The lowest BCUT2D eigenvalue weighted by Gasteiger charge is -1.93. The van der Waals surface area contributed by atoms with E-state index in [0.717, 1.165) is 0 Å². The Bertz CT molecular complexity index is 259. The van der Waals surface area contributed by atoms with E-state index in [1.165, 1.54) is 18.3 Å². The van der Waals surface area contributed by atoms with Crippen LogP contribution in [0.3, 0.4) is 0 Å². The van der Waals surface area contributed by atoms with E-state index in [1.807, 2.05) is 0 Å². The molecule has 0 bridgehead atoms. The van der Waals surface area contributed by atoms with Crippen LogP contribution in [-0.4, -0.2) is 20.6 Å². The summed E-state index contributed by atoms with van der Waals surface area (Å²) < 4.78 is 8.50. The zero-order valence-electron chi connectivity index (χ0n) is 5.39. The van der Waals surface area contributed by atoms with Crippen molar-refractivity contribution in [2.75, 3.05) is 0 Å². The summed E-state index contributed by atoms with van der Waals surface area (Å²) in [4.78, 5) is 14.4. The Morgan fingerprint density at radius 3 is 2.64 bits per heavy atom. The molecule has 0 radical (unpaired) electrons. The third kappa shape index (κ3) is 1.92. The maximum atomic E-state index is 10.3. The van der Waals surface area contributed by atoms with Crippen molar-refractivity contribution in [2.45, 2.75) is 4.90 Å². The van der Waals surface area contributed by atoms with Crippen LogP contribution in [-0.2, 0) is 0 Å². The molecule has 0 amide bonds. The molecule has 2 N–H and O–H groups in total. The quantitative estimate of drug-likeness (QED) is 0.657. The van der Waals surface area contributed by atoms with Gasteiger partial charge in [0, 0.05) is 18.2 Å². The first kappa shape index (κ1) is 8.03. The summed E-state index contributed by atoms with van der Waals surface area (Å²) in [6.45, 7) is 0. The molecule has 5 heteroatoms. The van der Waals surface area contributed by atoms with Crippen LogP contribution in [0.5, 0.6) is 0 Å². The van der Waals surface area contributed by atoms with Crippen LogP contribution in [0, 0.1) is 0 Å². The molecule has 0 aliphatic rings. The molecule has 0 fully saturated rings. The molecule has 0 aliphatic heterocycles. The Morgan fingerprint density at radius 1 is 1.55 bits per heavy atom. The van der Waals surface area contributed by atoms with Gasteiger partial charge in [-0.1, -0.05) is 0 Å². The molecule has 0 spiro atoms. The highest BCUT2D eigenvalue weighted by Gasteiger charge is 2.02. The molecule has 0 aromatic carbocycles. The molecule has 0 saturated heterocycles. The Labute approximate surface area is 67.1 Å². The smallest absolute Gasteiger partial charge is 0.354 e. The average molecular weight is 171 g/mol. The van der Waals surface area contributed by atoms with Crippen LogP contribution in [0.2, 0.25) is 0 Å². The van der Waals surface area contributed by atoms with Crippen molar-refractivity contribution in [1.82, 2.24) is 4.98 Å². The van der Waals surface area contributed by atoms with E-state index >= 15 is 0 Å². The van der Waals surface area contributed by atoms with Gasteiger partial charge in [-0.25, -0.2) is 9.78 Å². The van der Waals surface area contributed by atoms with Crippen LogP contribution in [0.15, 0.2) is 23.2 Å². The van der Waals surface area contributed by atoms with Gasteiger partial charge in [0.25, 0.3) is 0 Å². The van der Waals surface area contributed by atoms with Crippen LogP contribution >= 0.6 is 12.0 Å². The van der Waals surface area contributed by atoms with Gasteiger partial charge in [0.15, 0.2) is 0 Å². The fourth-order valence-electron chi connectivity index (χ4n) is 0.561. The van der Waals surface area contributed by atoms with Gasteiger partial charge in [0.1, 0.15) is 5.69 Å². The minimum absolute atomic E-state index is 0.0252. The van der Waals surface area contributed by atoms with Crippen LogP contribution < -0.4 is 0 Å². The SMILES string of the molecule is O=C(O)c1ccc(SO)cn1. The Balaban J connectivity index is 2.91. The zero-order valence-corrected chi connectivity index (χ0v) is 6.21. The second-order valence-corrected chi connectivity index (χ2v) is 2.43. The number of pyridine rings is 1. The predicted molar refractivity (Wildman–Crippen MR) is 39.7 cm³/mol. The summed E-state index contributed by atoms with van der Waals surface area (Å²) in [6, 6.07) is 2.82. The molecule has 1 heterocycles. The number of carboxylic acid groups (broad SMARTS) is 1. The second kappa shape index (κ2) is 3.36. The summed E-state index contributed by atoms with van der Waals surface area (Å²) in [5, 5.41) is 8.42. The largest absolute Gasteiger partial charge is 0.477 e. The summed E-state index contributed by atoms with van der Waals surface area (Å²) >= 11 is 0.534. The number of nitrogens with zero attached hydrogens (tertiary/aromatic N) is 1. The van der Waals surface area contributed by atoms with Crippen molar-refractivity contribution in [1.29, 1.82) is 0 Å². The van der Waals surface area contributed by atoms with Crippen molar-refractivity contribution < 1.29 is 14.5 Å². The maximum Gasteiger partial charge on any atom is 0.354 e. The molecule has 0 unspecified atom stereocenters. The van der Waals surface area contributed by atoms with Gasteiger partial charge in [-0.2, -0.15) is 0 Å². The minimum atomic E-state index is -1.07. The van der Waals surface area contributed by atoms with Crippen molar-refractivity contribution >= 4 is 18.0 Å².